The Morgan fingerprint density at radius 3 is 2.20 bits per heavy atom. The zero-order valence-electron chi connectivity index (χ0n) is 20.6. The molecule has 4 rings (SSSR count). The smallest absolute Gasteiger partial charge is 0.397 e. The van der Waals surface area contributed by atoms with Crippen LogP contribution < -0.4 is 16.4 Å². The first kappa shape index (κ1) is 28.7. The molecule has 210 valence electrons. The van der Waals surface area contributed by atoms with Crippen molar-refractivity contribution in [3.8, 4) is 0 Å². The maximum Gasteiger partial charge on any atom is 0.416 e. The number of amides is 2. The SMILES string of the molecule is Nc1cc(F)ccc1NC(=O)/C=C/c1ccc2c(c1)CCCC2NC(=O)c1cc(C(F)(F)F)cc(C(F)(F)F)c1. The average Bonchev–Trinajstić information content (AvgIpc) is 2.88. The van der Waals surface area contributed by atoms with Crippen molar-refractivity contribution in [2.75, 3.05) is 11.1 Å². The van der Waals surface area contributed by atoms with Crippen LogP contribution in [0.25, 0.3) is 6.08 Å². The zero-order valence-corrected chi connectivity index (χ0v) is 20.6. The predicted octanol–water partition coefficient (Wildman–Crippen LogP) is 6.90. The van der Waals surface area contributed by atoms with E-state index >= 15 is 0 Å². The second kappa shape index (κ2) is 11.0. The van der Waals surface area contributed by atoms with Crippen molar-refractivity contribution >= 4 is 29.3 Å². The molecule has 0 saturated carbocycles. The van der Waals surface area contributed by atoms with Crippen molar-refractivity contribution in [1.29, 1.82) is 0 Å². The van der Waals surface area contributed by atoms with Gasteiger partial charge in [0.1, 0.15) is 5.82 Å². The number of nitrogens with one attached hydrogen (secondary N) is 2. The highest BCUT2D eigenvalue weighted by atomic mass is 19.4. The molecule has 0 aromatic heterocycles. The highest BCUT2D eigenvalue weighted by Gasteiger charge is 2.37. The maximum atomic E-state index is 13.2. The second-order valence-electron chi connectivity index (χ2n) is 9.23. The normalized spacial score (nSPS) is 15.5. The number of benzene rings is 3. The summed E-state index contributed by atoms with van der Waals surface area (Å²) in [7, 11) is 0. The van der Waals surface area contributed by atoms with Gasteiger partial charge in [0.05, 0.1) is 28.5 Å². The summed E-state index contributed by atoms with van der Waals surface area (Å²) in [6.45, 7) is 0. The summed E-state index contributed by atoms with van der Waals surface area (Å²) >= 11 is 0. The van der Waals surface area contributed by atoms with Crippen LogP contribution in [0.4, 0.5) is 42.1 Å². The molecule has 2 amide bonds. The van der Waals surface area contributed by atoms with Crippen LogP contribution in [0.3, 0.4) is 0 Å². The molecule has 0 fully saturated rings. The molecule has 3 aromatic carbocycles. The van der Waals surface area contributed by atoms with E-state index in [0.717, 1.165) is 17.7 Å². The molecular weight excluding hydrogens is 543 g/mol. The van der Waals surface area contributed by atoms with Gasteiger partial charge in [0, 0.05) is 11.6 Å². The minimum atomic E-state index is -5.07. The van der Waals surface area contributed by atoms with E-state index in [1.54, 1.807) is 18.2 Å². The van der Waals surface area contributed by atoms with Gasteiger partial charge in [0.25, 0.3) is 5.91 Å². The molecule has 0 saturated heterocycles. The molecule has 0 radical (unpaired) electrons. The van der Waals surface area contributed by atoms with Crippen molar-refractivity contribution in [3.05, 3.63) is 99.9 Å². The van der Waals surface area contributed by atoms with Gasteiger partial charge in [0.15, 0.2) is 0 Å². The number of nitrogen functional groups attached to an aromatic ring is 1. The highest BCUT2D eigenvalue weighted by Crippen LogP contribution is 2.37. The molecule has 5 nitrogen and oxygen atoms in total. The largest absolute Gasteiger partial charge is 0.416 e. The van der Waals surface area contributed by atoms with Crippen LogP contribution in [0, 0.1) is 5.82 Å². The topological polar surface area (TPSA) is 84.2 Å². The predicted molar refractivity (Wildman–Crippen MR) is 135 cm³/mol. The first-order chi connectivity index (χ1) is 18.7. The lowest BCUT2D eigenvalue weighted by atomic mass is 9.86. The van der Waals surface area contributed by atoms with Crippen LogP contribution in [0.2, 0.25) is 0 Å². The number of rotatable bonds is 5. The summed E-state index contributed by atoms with van der Waals surface area (Å²) in [4.78, 5) is 25.0. The number of aryl methyl sites for hydroxylation is 1. The maximum absolute atomic E-state index is 13.2. The third kappa shape index (κ3) is 6.80. The highest BCUT2D eigenvalue weighted by molar-refractivity contribution is 6.03. The summed E-state index contributed by atoms with van der Waals surface area (Å²) in [6, 6.07) is 8.78. The Morgan fingerprint density at radius 1 is 0.900 bits per heavy atom. The van der Waals surface area contributed by atoms with E-state index in [4.69, 9.17) is 5.73 Å². The lowest BCUT2D eigenvalue weighted by Gasteiger charge is -2.27. The molecule has 0 bridgehead atoms. The number of hydrogen-bond acceptors (Lipinski definition) is 3. The molecule has 0 spiro atoms. The fourth-order valence-electron chi connectivity index (χ4n) is 4.41. The summed E-state index contributed by atoms with van der Waals surface area (Å²) in [5.74, 6) is -2.12. The van der Waals surface area contributed by atoms with Crippen molar-refractivity contribution in [3.63, 3.8) is 0 Å². The van der Waals surface area contributed by atoms with E-state index in [0.29, 0.717) is 42.5 Å². The summed E-state index contributed by atoms with van der Waals surface area (Å²) in [5, 5.41) is 5.10. The van der Waals surface area contributed by atoms with Gasteiger partial charge in [-0.3, -0.25) is 9.59 Å². The summed E-state index contributed by atoms with van der Waals surface area (Å²) in [5.41, 5.74) is 4.21. The minimum absolute atomic E-state index is 0.0311. The fourth-order valence-corrected chi connectivity index (χ4v) is 4.41. The Labute approximate surface area is 223 Å². The van der Waals surface area contributed by atoms with Gasteiger partial charge in [-0.15, -0.1) is 0 Å². The van der Waals surface area contributed by atoms with Gasteiger partial charge in [-0.2, -0.15) is 26.3 Å². The van der Waals surface area contributed by atoms with Crippen LogP contribution in [-0.4, -0.2) is 11.8 Å². The standard InChI is InChI=1S/C28H22F7N3O2/c29-20-6-8-24(22(36)14-20)37-25(39)9-5-15-4-7-21-16(10-15)2-1-3-23(21)38-26(40)17-11-18(27(30,31)32)13-19(12-17)28(33,34)35/h4-14,23H,1-3,36H2,(H,37,39)(H,38,40)/b9-5+. The number of hydrogen-bond donors (Lipinski definition) is 3. The quantitative estimate of drug-likeness (QED) is 0.179. The molecule has 40 heavy (non-hydrogen) atoms. The third-order valence-corrected chi connectivity index (χ3v) is 6.34. The number of carbonyl (C=O) groups is 2. The van der Waals surface area contributed by atoms with Crippen LogP contribution in [0.5, 0.6) is 0 Å². The van der Waals surface area contributed by atoms with Gasteiger partial charge < -0.3 is 16.4 Å². The molecule has 1 atom stereocenters. The number of carbonyl (C=O) groups excluding carboxylic acids is 2. The Hall–Kier alpha value is -4.35. The monoisotopic (exact) mass is 565 g/mol. The van der Waals surface area contributed by atoms with Gasteiger partial charge in [-0.1, -0.05) is 18.2 Å². The fraction of sp³-hybridized carbons (Fsp3) is 0.214. The number of alkyl halides is 6. The number of anilines is 2. The third-order valence-electron chi connectivity index (χ3n) is 6.34. The second-order valence-corrected chi connectivity index (χ2v) is 9.23. The van der Waals surface area contributed by atoms with E-state index in [-0.39, 0.29) is 17.4 Å². The van der Waals surface area contributed by atoms with E-state index < -0.39 is 52.7 Å². The lowest BCUT2D eigenvalue weighted by molar-refractivity contribution is -0.143. The average molecular weight is 565 g/mol. The zero-order chi connectivity index (χ0) is 29.2. The van der Waals surface area contributed by atoms with E-state index in [1.165, 1.54) is 18.2 Å². The van der Waals surface area contributed by atoms with E-state index in [1.807, 2.05) is 0 Å². The minimum Gasteiger partial charge on any atom is -0.397 e. The molecule has 12 heteroatoms. The van der Waals surface area contributed by atoms with Gasteiger partial charge in [-0.25, -0.2) is 4.39 Å². The molecule has 1 aliphatic rings. The van der Waals surface area contributed by atoms with E-state index in [2.05, 4.69) is 10.6 Å². The lowest BCUT2D eigenvalue weighted by Crippen LogP contribution is -2.31. The summed E-state index contributed by atoms with van der Waals surface area (Å²) in [6.07, 6.45) is -5.71. The Morgan fingerprint density at radius 2 is 1.57 bits per heavy atom. The van der Waals surface area contributed by atoms with E-state index in [9.17, 15) is 40.3 Å². The Bertz CT molecular complexity index is 1450. The van der Waals surface area contributed by atoms with Crippen molar-refractivity contribution in [2.24, 2.45) is 0 Å². The van der Waals surface area contributed by atoms with Gasteiger partial charge >= 0.3 is 12.4 Å². The van der Waals surface area contributed by atoms with Crippen molar-refractivity contribution < 1.29 is 40.3 Å². The van der Waals surface area contributed by atoms with Crippen LogP contribution in [0.15, 0.2) is 60.7 Å². The number of halogens is 7. The molecule has 1 unspecified atom stereocenters. The number of fused-ring (bicyclic) bond motifs is 1. The molecule has 4 N–H and O–H groups in total. The van der Waals surface area contributed by atoms with Gasteiger partial charge in [0.2, 0.25) is 5.91 Å². The van der Waals surface area contributed by atoms with Crippen LogP contribution >= 0.6 is 0 Å². The van der Waals surface area contributed by atoms with Crippen molar-refractivity contribution in [1.82, 2.24) is 5.32 Å². The molecule has 3 aromatic rings. The Kier molecular flexibility index (Phi) is 7.90. The molecule has 1 aliphatic carbocycles. The van der Waals surface area contributed by atoms with Gasteiger partial charge in [-0.05, 0) is 78.4 Å². The van der Waals surface area contributed by atoms with Crippen LogP contribution in [-0.2, 0) is 23.6 Å². The van der Waals surface area contributed by atoms with Crippen LogP contribution in [0.1, 0.15) is 57.1 Å². The Balaban J connectivity index is 1.50. The first-order valence-electron chi connectivity index (χ1n) is 12.0. The summed E-state index contributed by atoms with van der Waals surface area (Å²) < 4.78 is 92.4. The molecule has 0 aliphatic heterocycles. The molecule has 0 heterocycles. The number of nitrogens with two attached hydrogens (primary N) is 1. The molecular formula is C28H22F7N3O2. The first-order valence-corrected chi connectivity index (χ1v) is 12.0. The van der Waals surface area contributed by atoms with Crippen molar-refractivity contribution in [2.45, 2.75) is 37.7 Å².